The highest BCUT2D eigenvalue weighted by molar-refractivity contribution is 5.85. The minimum atomic E-state index is -0.274. The molecule has 0 aromatic carbocycles. The van der Waals surface area contributed by atoms with Crippen molar-refractivity contribution in [2.45, 2.75) is 57.9 Å². The predicted molar refractivity (Wildman–Crippen MR) is 89.7 cm³/mol. The number of primary amides is 1. The van der Waals surface area contributed by atoms with Crippen molar-refractivity contribution in [3.05, 3.63) is 0 Å². The molecule has 4 unspecified atom stereocenters. The van der Waals surface area contributed by atoms with Crippen molar-refractivity contribution in [2.75, 3.05) is 13.1 Å². The number of piperidine rings is 1. The predicted octanol–water partition coefficient (Wildman–Crippen LogP) is 1.59. The number of nitrogens with two attached hydrogens (primary N) is 1. The van der Waals surface area contributed by atoms with Crippen LogP contribution in [0.25, 0.3) is 0 Å². The van der Waals surface area contributed by atoms with Crippen molar-refractivity contribution in [1.29, 1.82) is 0 Å². The molecule has 2 aliphatic rings. The summed E-state index contributed by atoms with van der Waals surface area (Å²) in [7, 11) is 0. The van der Waals surface area contributed by atoms with E-state index in [0.717, 1.165) is 38.8 Å². The fourth-order valence-corrected chi connectivity index (χ4v) is 3.73. The van der Waals surface area contributed by atoms with Gasteiger partial charge in [0.05, 0.1) is 5.92 Å². The van der Waals surface area contributed by atoms with Gasteiger partial charge in [-0.15, -0.1) is 12.4 Å². The van der Waals surface area contributed by atoms with Crippen LogP contribution in [0.15, 0.2) is 0 Å². The molecule has 1 heterocycles. The third kappa shape index (κ3) is 5.43. The van der Waals surface area contributed by atoms with E-state index in [1.807, 2.05) is 0 Å². The lowest BCUT2D eigenvalue weighted by atomic mass is 9.83. The number of rotatable bonds is 5. The second-order valence-corrected chi connectivity index (χ2v) is 6.76. The Labute approximate surface area is 139 Å². The first-order valence-corrected chi connectivity index (χ1v) is 8.37. The van der Waals surface area contributed by atoms with Crippen LogP contribution in [-0.2, 0) is 9.59 Å². The van der Waals surface area contributed by atoms with E-state index in [-0.39, 0.29) is 36.2 Å². The van der Waals surface area contributed by atoms with Gasteiger partial charge in [0.25, 0.3) is 0 Å². The van der Waals surface area contributed by atoms with E-state index < -0.39 is 0 Å². The Hall–Kier alpha value is -0.810. The average molecular weight is 332 g/mol. The number of amides is 2. The molecular weight excluding hydrogens is 302 g/mol. The van der Waals surface area contributed by atoms with E-state index in [1.54, 1.807) is 0 Å². The lowest BCUT2D eigenvalue weighted by Gasteiger charge is -2.31. The molecule has 0 spiro atoms. The van der Waals surface area contributed by atoms with E-state index in [4.69, 9.17) is 5.73 Å². The summed E-state index contributed by atoms with van der Waals surface area (Å²) in [5, 5.41) is 6.46. The van der Waals surface area contributed by atoms with Crippen molar-refractivity contribution in [1.82, 2.24) is 10.6 Å². The fraction of sp³-hybridized carbons (Fsp3) is 0.875. The Morgan fingerprint density at radius 1 is 1.23 bits per heavy atom. The molecule has 1 aliphatic carbocycles. The van der Waals surface area contributed by atoms with E-state index in [1.165, 1.54) is 12.8 Å². The zero-order valence-electron chi connectivity index (χ0n) is 13.5. The molecule has 2 rings (SSSR count). The van der Waals surface area contributed by atoms with Crippen LogP contribution in [0, 0.1) is 17.8 Å². The molecule has 0 bridgehead atoms. The fourth-order valence-electron chi connectivity index (χ4n) is 3.73. The Kier molecular flexibility index (Phi) is 8.18. The zero-order chi connectivity index (χ0) is 15.2. The summed E-state index contributed by atoms with van der Waals surface area (Å²) in [5.41, 5.74) is 5.45. The van der Waals surface area contributed by atoms with Crippen LogP contribution in [0.4, 0.5) is 0 Å². The normalized spacial score (nSPS) is 30.0. The minimum Gasteiger partial charge on any atom is -0.369 e. The van der Waals surface area contributed by atoms with Gasteiger partial charge in [0, 0.05) is 12.5 Å². The Morgan fingerprint density at radius 2 is 1.95 bits per heavy atom. The van der Waals surface area contributed by atoms with Gasteiger partial charge in [-0.1, -0.05) is 19.8 Å². The van der Waals surface area contributed by atoms with Gasteiger partial charge < -0.3 is 16.4 Å². The summed E-state index contributed by atoms with van der Waals surface area (Å²) >= 11 is 0. The lowest BCUT2D eigenvalue weighted by Crippen LogP contribution is -2.47. The molecule has 22 heavy (non-hydrogen) atoms. The quantitative estimate of drug-likeness (QED) is 0.715. The van der Waals surface area contributed by atoms with Gasteiger partial charge in [0.15, 0.2) is 0 Å². The summed E-state index contributed by atoms with van der Waals surface area (Å²) in [6, 6.07) is -0.0552. The SMILES string of the molecule is CC(CC(=O)NC1CCCCC1C(N)=O)C1CCCNC1.Cl. The third-order valence-corrected chi connectivity index (χ3v) is 5.12. The van der Waals surface area contributed by atoms with Gasteiger partial charge in [0.1, 0.15) is 0 Å². The molecule has 1 saturated carbocycles. The molecule has 4 N–H and O–H groups in total. The van der Waals surface area contributed by atoms with Gasteiger partial charge in [-0.2, -0.15) is 0 Å². The molecule has 4 atom stereocenters. The molecule has 5 nitrogen and oxygen atoms in total. The number of halogens is 1. The lowest BCUT2D eigenvalue weighted by molar-refractivity contribution is -0.126. The molecule has 0 aromatic rings. The van der Waals surface area contributed by atoms with Crippen molar-refractivity contribution in [3.63, 3.8) is 0 Å². The number of hydrogen-bond donors (Lipinski definition) is 3. The van der Waals surface area contributed by atoms with Crippen LogP contribution >= 0.6 is 12.4 Å². The van der Waals surface area contributed by atoms with Crippen molar-refractivity contribution >= 4 is 24.2 Å². The Bertz CT molecular complexity index is 372. The first-order valence-electron chi connectivity index (χ1n) is 8.37. The number of hydrogen-bond acceptors (Lipinski definition) is 3. The maximum absolute atomic E-state index is 12.2. The second kappa shape index (κ2) is 9.36. The highest BCUT2D eigenvalue weighted by Crippen LogP contribution is 2.26. The Balaban J connectivity index is 0.00000242. The van der Waals surface area contributed by atoms with E-state index >= 15 is 0 Å². The maximum atomic E-state index is 12.2. The Morgan fingerprint density at radius 3 is 2.59 bits per heavy atom. The van der Waals surface area contributed by atoms with Crippen LogP contribution in [-0.4, -0.2) is 30.9 Å². The molecular formula is C16H30ClN3O2. The first kappa shape index (κ1) is 19.2. The van der Waals surface area contributed by atoms with Gasteiger partial charge >= 0.3 is 0 Å². The summed E-state index contributed by atoms with van der Waals surface area (Å²) in [5.74, 6) is 0.585. The molecule has 6 heteroatoms. The van der Waals surface area contributed by atoms with Crippen LogP contribution in [0.3, 0.4) is 0 Å². The van der Waals surface area contributed by atoms with Gasteiger partial charge in [-0.25, -0.2) is 0 Å². The smallest absolute Gasteiger partial charge is 0.222 e. The van der Waals surface area contributed by atoms with Crippen LogP contribution in [0.5, 0.6) is 0 Å². The molecule has 2 fully saturated rings. The monoisotopic (exact) mass is 331 g/mol. The van der Waals surface area contributed by atoms with Gasteiger partial charge in [0.2, 0.25) is 11.8 Å². The zero-order valence-corrected chi connectivity index (χ0v) is 14.3. The standard InChI is InChI=1S/C16H29N3O2.ClH/c1-11(12-5-4-8-18-10-12)9-15(20)19-14-7-3-2-6-13(14)16(17)21;/h11-14,18H,2-10H2,1H3,(H2,17,21)(H,19,20);1H. The number of nitrogens with one attached hydrogen (secondary N) is 2. The average Bonchev–Trinajstić information content (AvgIpc) is 2.48. The summed E-state index contributed by atoms with van der Waals surface area (Å²) in [6.45, 7) is 4.27. The molecule has 2 amide bonds. The molecule has 0 radical (unpaired) electrons. The van der Waals surface area contributed by atoms with Crippen LogP contribution in [0.2, 0.25) is 0 Å². The minimum absolute atomic E-state index is 0. The van der Waals surface area contributed by atoms with E-state index in [2.05, 4.69) is 17.6 Å². The van der Waals surface area contributed by atoms with Gasteiger partial charge in [-0.05, 0) is 50.6 Å². The highest BCUT2D eigenvalue weighted by atomic mass is 35.5. The van der Waals surface area contributed by atoms with Crippen LogP contribution < -0.4 is 16.4 Å². The first-order chi connectivity index (χ1) is 10.1. The number of carbonyl (C=O) groups is 2. The van der Waals surface area contributed by atoms with Crippen molar-refractivity contribution in [2.24, 2.45) is 23.5 Å². The van der Waals surface area contributed by atoms with Crippen molar-refractivity contribution < 1.29 is 9.59 Å². The van der Waals surface area contributed by atoms with Crippen molar-refractivity contribution in [3.8, 4) is 0 Å². The highest BCUT2D eigenvalue weighted by Gasteiger charge is 2.31. The van der Waals surface area contributed by atoms with E-state index in [9.17, 15) is 9.59 Å². The maximum Gasteiger partial charge on any atom is 0.222 e. The number of carbonyl (C=O) groups excluding carboxylic acids is 2. The molecule has 0 aromatic heterocycles. The topological polar surface area (TPSA) is 84.2 Å². The second-order valence-electron chi connectivity index (χ2n) is 6.76. The largest absolute Gasteiger partial charge is 0.369 e. The van der Waals surface area contributed by atoms with Crippen LogP contribution in [0.1, 0.15) is 51.9 Å². The van der Waals surface area contributed by atoms with Gasteiger partial charge in [-0.3, -0.25) is 9.59 Å². The summed E-state index contributed by atoms with van der Waals surface area (Å²) < 4.78 is 0. The van der Waals surface area contributed by atoms with E-state index in [0.29, 0.717) is 18.3 Å². The summed E-state index contributed by atoms with van der Waals surface area (Å²) in [4.78, 5) is 23.7. The molecule has 1 aliphatic heterocycles. The summed E-state index contributed by atoms with van der Waals surface area (Å²) in [6.07, 6.45) is 6.73. The third-order valence-electron chi connectivity index (χ3n) is 5.12. The molecule has 128 valence electrons. The molecule has 1 saturated heterocycles.